The van der Waals surface area contributed by atoms with Crippen molar-refractivity contribution in [1.29, 1.82) is 0 Å². The molecule has 0 saturated carbocycles. The van der Waals surface area contributed by atoms with Crippen molar-refractivity contribution < 1.29 is 15.0 Å². The van der Waals surface area contributed by atoms with E-state index in [0.29, 0.717) is 6.42 Å². The van der Waals surface area contributed by atoms with Crippen LogP contribution >= 0.6 is 0 Å². The molecule has 0 saturated heterocycles. The summed E-state index contributed by atoms with van der Waals surface area (Å²) in [7, 11) is 0. The average molecular weight is 622 g/mol. The summed E-state index contributed by atoms with van der Waals surface area (Å²) in [6, 6.07) is -0.616. The zero-order valence-corrected chi connectivity index (χ0v) is 30.1. The Morgan fingerprint density at radius 3 is 1.39 bits per heavy atom. The highest BCUT2D eigenvalue weighted by Crippen LogP contribution is 2.16. The quantitative estimate of drug-likeness (QED) is 0.0487. The normalized spacial score (nSPS) is 13.2. The molecule has 0 fully saturated rings. The predicted octanol–water partition coefficient (Wildman–Crippen LogP) is 11.8. The van der Waals surface area contributed by atoms with Gasteiger partial charge in [0, 0.05) is 6.42 Å². The van der Waals surface area contributed by atoms with Crippen LogP contribution in [0.5, 0.6) is 0 Å². The van der Waals surface area contributed by atoms with Crippen LogP contribution in [0, 0.1) is 5.92 Å². The van der Waals surface area contributed by atoms with Crippen LogP contribution in [0.3, 0.4) is 0 Å². The van der Waals surface area contributed by atoms with Crippen molar-refractivity contribution in [3.63, 3.8) is 0 Å². The van der Waals surface area contributed by atoms with Crippen molar-refractivity contribution in [2.45, 2.75) is 226 Å². The van der Waals surface area contributed by atoms with Crippen LogP contribution in [0.15, 0.2) is 12.2 Å². The lowest BCUT2D eigenvalue weighted by Gasteiger charge is -2.20. The lowest BCUT2D eigenvalue weighted by Crippen LogP contribution is -2.45. The molecule has 0 aromatic heterocycles. The second-order valence-corrected chi connectivity index (χ2v) is 14.2. The number of carbonyl (C=O) groups is 1. The number of amides is 1. The van der Waals surface area contributed by atoms with Crippen molar-refractivity contribution in [2.24, 2.45) is 5.92 Å². The Hall–Kier alpha value is -0.870. The zero-order valence-electron chi connectivity index (χ0n) is 30.1. The number of hydrogen-bond donors (Lipinski definition) is 3. The SMILES string of the molecule is CCCCCCCCCCCCCCCCCCCCCC(=O)N[C@@H](CO)[C@H](O)/C=C/CCCCCCCCCCC(C)C. The van der Waals surface area contributed by atoms with E-state index in [-0.39, 0.29) is 12.5 Å². The monoisotopic (exact) mass is 622 g/mol. The van der Waals surface area contributed by atoms with Gasteiger partial charge in [-0.1, -0.05) is 200 Å². The average Bonchev–Trinajstić information content (AvgIpc) is 3.01. The van der Waals surface area contributed by atoms with Crippen molar-refractivity contribution in [1.82, 2.24) is 5.32 Å². The molecule has 0 aromatic carbocycles. The van der Waals surface area contributed by atoms with Crippen LogP contribution in [0.2, 0.25) is 0 Å². The summed E-state index contributed by atoms with van der Waals surface area (Å²) < 4.78 is 0. The Bertz CT molecular complexity index is 605. The van der Waals surface area contributed by atoms with Crippen molar-refractivity contribution in [3.05, 3.63) is 12.2 Å². The van der Waals surface area contributed by atoms with Gasteiger partial charge in [0.25, 0.3) is 0 Å². The Labute approximate surface area is 276 Å². The number of carbonyl (C=O) groups excluding carboxylic acids is 1. The molecule has 0 aliphatic rings. The number of aliphatic hydroxyl groups is 2. The van der Waals surface area contributed by atoms with Gasteiger partial charge in [0.15, 0.2) is 0 Å². The Balaban J connectivity index is 3.55. The van der Waals surface area contributed by atoms with Crippen LogP contribution in [0.25, 0.3) is 0 Å². The van der Waals surface area contributed by atoms with Crippen LogP contribution in [0.4, 0.5) is 0 Å². The summed E-state index contributed by atoms with van der Waals surface area (Å²) in [5, 5.41) is 22.9. The smallest absolute Gasteiger partial charge is 0.220 e. The second kappa shape index (κ2) is 35.0. The number of unbranched alkanes of at least 4 members (excludes halogenated alkanes) is 26. The molecular formula is C40H79NO3. The number of allylic oxidation sites excluding steroid dienone is 1. The van der Waals surface area contributed by atoms with E-state index >= 15 is 0 Å². The minimum absolute atomic E-state index is 0.0623. The van der Waals surface area contributed by atoms with E-state index in [2.05, 4.69) is 26.1 Å². The molecule has 262 valence electrons. The molecule has 0 aliphatic heterocycles. The Morgan fingerprint density at radius 1 is 0.591 bits per heavy atom. The first kappa shape index (κ1) is 43.1. The molecule has 2 atom stereocenters. The number of nitrogens with one attached hydrogen (secondary N) is 1. The third-order valence-electron chi connectivity index (χ3n) is 9.20. The first-order chi connectivity index (χ1) is 21.5. The molecule has 0 unspecified atom stereocenters. The van der Waals surface area contributed by atoms with Gasteiger partial charge in [0.1, 0.15) is 0 Å². The summed E-state index contributed by atoms with van der Waals surface area (Å²) in [5.74, 6) is 0.770. The summed E-state index contributed by atoms with van der Waals surface area (Å²) in [4.78, 5) is 12.3. The molecular weight excluding hydrogens is 542 g/mol. The topological polar surface area (TPSA) is 69.6 Å². The minimum atomic E-state index is -0.833. The van der Waals surface area contributed by atoms with E-state index < -0.39 is 12.1 Å². The number of aliphatic hydroxyl groups excluding tert-OH is 2. The van der Waals surface area contributed by atoms with Gasteiger partial charge in [0.2, 0.25) is 5.91 Å². The number of rotatable bonds is 35. The first-order valence-electron chi connectivity index (χ1n) is 19.8. The third kappa shape index (κ3) is 32.5. The van der Waals surface area contributed by atoms with E-state index in [0.717, 1.165) is 31.6 Å². The van der Waals surface area contributed by atoms with Crippen LogP contribution in [-0.2, 0) is 4.79 Å². The van der Waals surface area contributed by atoms with Crippen LogP contribution in [-0.4, -0.2) is 34.9 Å². The molecule has 0 heterocycles. The van der Waals surface area contributed by atoms with E-state index in [1.807, 2.05) is 6.08 Å². The van der Waals surface area contributed by atoms with Gasteiger partial charge in [-0.3, -0.25) is 4.79 Å². The van der Waals surface area contributed by atoms with Crippen LogP contribution < -0.4 is 5.32 Å². The van der Waals surface area contributed by atoms with E-state index in [1.54, 1.807) is 6.08 Å². The van der Waals surface area contributed by atoms with Crippen molar-refractivity contribution >= 4 is 5.91 Å². The Kier molecular flexibility index (Phi) is 34.3. The summed E-state index contributed by atoms with van der Waals surface area (Å²) >= 11 is 0. The molecule has 0 spiro atoms. The lowest BCUT2D eigenvalue weighted by molar-refractivity contribution is -0.123. The molecule has 0 bridgehead atoms. The second-order valence-electron chi connectivity index (χ2n) is 14.2. The Morgan fingerprint density at radius 2 is 0.977 bits per heavy atom. The van der Waals surface area contributed by atoms with Gasteiger partial charge >= 0.3 is 0 Å². The predicted molar refractivity (Wildman–Crippen MR) is 193 cm³/mol. The third-order valence-corrected chi connectivity index (χ3v) is 9.20. The van der Waals surface area contributed by atoms with Crippen molar-refractivity contribution in [3.8, 4) is 0 Å². The highest BCUT2D eigenvalue weighted by atomic mass is 16.3. The molecule has 0 rings (SSSR count). The van der Waals surface area contributed by atoms with Gasteiger partial charge in [-0.25, -0.2) is 0 Å². The fourth-order valence-electron chi connectivity index (χ4n) is 6.13. The standard InChI is InChI=1S/C40H79NO3/c1-4-5-6-7-8-9-10-11-12-13-14-15-16-17-18-23-26-29-32-35-40(44)41-38(36-42)39(43)34-31-28-25-22-20-19-21-24-27-30-33-37(2)3/h31,34,37-39,42-43H,4-30,32-33,35-36H2,1-3H3,(H,41,44)/b34-31+/t38-,39+/m0/s1. The minimum Gasteiger partial charge on any atom is -0.394 e. The van der Waals surface area contributed by atoms with E-state index in [4.69, 9.17) is 0 Å². The summed E-state index contributed by atoms with van der Waals surface area (Å²) in [6.45, 7) is 6.65. The highest BCUT2D eigenvalue weighted by molar-refractivity contribution is 5.76. The number of hydrogen-bond acceptors (Lipinski definition) is 3. The van der Waals surface area contributed by atoms with Crippen LogP contribution in [0.1, 0.15) is 213 Å². The molecule has 44 heavy (non-hydrogen) atoms. The molecule has 4 heteroatoms. The molecule has 0 radical (unpaired) electrons. The summed E-state index contributed by atoms with van der Waals surface area (Å²) in [5.41, 5.74) is 0. The lowest BCUT2D eigenvalue weighted by atomic mass is 10.0. The van der Waals surface area contributed by atoms with E-state index in [1.165, 1.54) is 161 Å². The van der Waals surface area contributed by atoms with Gasteiger partial charge in [-0.2, -0.15) is 0 Å². The maximum atomic E-state index is 12.3. The largest absolute Gasteiger partial charge is 0.394 e. The molecule has 4 nitrogen and oxygen atoms in total. The van der Waals surface area contributed by atoms with E-state index in [9.17, 15) is 15.0 Å². The molecule has 1 amide bonds. The fourth-order valence-corrected chi connectivity index (χ4v) is 6.13. The van der Waals surface area contributed by atoms with Gasteiger partial charge < -0.3 is 15.5 Å². The van der Waals surface area contributed by atoms with Gasteiger partial charge in [0.05, 0.1) is 18.8 Å². The maximum absolute atomic E-state index is 12.3. The fraction of sp³-hybridized carbons (Fsp3) is 0.925. The highest BCUT2D eigenvalue weighted by Gasteiger charge is 2.17. The summed E-state index contributed by atoms with van der Waals surface area (Å²) in [6.07, 6.45) is 41.6. The van der Waals surface area contributed by atoms with Crippen molar-refractivity contribution in [2.75, 3.05) is 6.61 Å². The molecule has 0 aromatic rings. The van der Waals surface area contributed by atoms with Gasteiger partial charge in [-0.05, 0) is 25.2 Å². The molecule has 3 N–H and O–H groups in total. The molecule has 0 aliphatic carbocycles. The first-order valence-corrected chi connectivity index (χ1v) is 19.8. The van der Waals surface area contributed by atoms with Gasteiger partial charge in [-0.15, -0.1) is 0 Å². The maximum Gasteiger partial charge on any atom is 0.220 e. The zero-order chi connectivity index (χ0) is 32.4.